The summed E-state index contributed by atoms with van der Waals surface area (Å²) >= 11 is 0. The molecule has 0 spiro atoms. The molecule has 0 saturated heterocycles. The van der Waals surface area contributed by atoms with Crippen molar-refractivity contribution in [3.63, 3.8) is 0 Å². The first-order valence-electron chi connectivity index (χ1n) is 23.7. The van der Waals surface area contributed by atoms with Gasteiger partial charge in [0.05, 0.1) is 21.0 Å². The molecule has 69 heavy (non-hydrogen) atoms. The standard InChI is InChI=1S/C49H70N4O13S3/c1-5-36(19-10-6-15-24-47(56)57)35-51-46(55)23-14-8-16-29-49(4)40-34-38(69(64,65)66)26-28-42(40)53(31-18-32-67(58,59)60)44(49)21-12-7-11-20-43-48(2,3)39-33-37(68(61,62)63)25-27-41(39)52(43)30-17-9-13-22-45(50)54/h7,11-12,20-21,25-28,33-34,36H,5-6,8-10,13-19,22-24,29-32,35H2,1-4H3,(H6-,50,51,54,55,56,57,58,59,60,61,62,63,64,65,66)/p+1. The predicted molar refractivity (Wildman–Crippen MR) is 266 cm³/mol. The van der Waals surface area contributed by atoms with Crippen molar-refractivity contribution in [3.8, 4) is 0 Å². The maximum absolute atomic E-state index is 12.9. The van der Waals surface area contributed by atoms with Crippen molar-refractivity contribution in [2.45, 2.75) is 151 Å². The third-order valence-corrected chi connectivity index (χ3v) is 15.7. The molecular weight excluding hydrogens is 949 g/mol. The Labute approximate surface area is 408 Å². The maximum atomic E-state index is 12.9. The van der Waals surface area contributed by atoms with E-state index in [0.29, 0.717) is 92.9 Å². The third kappa shape index (κ3) is 16.4. The Bertz CT molecular complexity index is 2640. The number of carbonyl (C=O) groups excluding carboxylic acids is 2. The molecule has 0 aromatic heterocycles. The van der Waals surface area contributed by atoms with Crippen LogP contribution in [0.15, 0.2) is 82.3 Å². The number of carboxylic acid groups (broad SMARTS) is 1. The molecule has 4 rings (SSSR count). The largest absolute Gasteiger partial charge is 0.481 e. The van der Waals surface area contributed by atoms with E-state index in [-0.39, 0.29) is 47.4 Å². The topological polar surface area (TPSA) is 279 Å². The van der Waals surface area contributed by atoms with Gasteiger partial charge in [0, 0.05) is 73.3 Å². The van der Waals surface area contributed by atoms with Crippen LogP contribution in [0.3, 0.4) is 0 Å². The normalized spacial score (nSPS) is 18.1. The minimum atomic E-state index is -4.60. The number of unbranched alkanes of at least 4 members (excludes halogenated alkanes) is 6. The molecule has 2 atom stereocenters. The van der Waals surface area contributed by atoms with Crippen LogP contribution in [0.25, 0.3) is 0 Å². The van der Waals surface area contributed by atoms with Crippen LogP contribution >= 0.6 is 0 Å². The van der Waals surface area contributed by atoms with Crippen molar-refractivity contribution in [1.29, 1.82) is 0 Å². The SMILES string of the molecule is CCC(CCCCCC(=O)O)CNC(=O)CCCCCC1(C)/C(=C/C=C/C=C/C2=[N+](CCCCCC(N)=O)c3ccc(S(=O)(=O)O)cc3C2(C)C)N(CCCS(=O)(=O)O)c2ccc(S(=O)(=O)O)cc21. The number of allylic oxidation sites excluding steroid dienone is 6. The molecule has 2 unspecified atom stereocenters. The lowest BCUT2D eigenvalue weighted by Gasteiger charge is -2.30. The minimum absolute atomic E-state index is 0.0414. The van der Waals surface area contributed by atoms with Crippen LogP contribution in [0.1, 0.15) is 142 Å². The maximum Gasteiger partial charge on any atom is 0.303 e. The van der Waals surface area contributed by atoms with Crippen LogP contribution in [-0.4, -0.2) is 97.5 Å². The number of nitrogens with two attached hydrogens (primary N) is 1. The van der Waals surface area contributed by atoms with Crippen LogP contribution in [0.2, 0.25) is 0 Å². The summed E-state index contributed by atoms with van der Waals surface area (Å²) < 4.78 is 104. The molecule has 2 aromatic carbocycles. The number of benzene rings is 2. The van der Waals surface area contributed by atoms with Crippen molar-refractivity contribution in [1.82, 2.24) is 5.32 Å². The summed E-state index contributed by atoms with van der Waals surface area (Å²) in [6.45, 7) is 9.17. The quantitative estimate of drug-likeness (QED) is 0.0189. The van der Waals surface area contributed by atoms with Gasteiger partial charge in [0.1, 0.15) is 6.54 Å². The molecule has 382 valence electrons. The number of nitrogens with zero attached hydrogens (tertiary/aromatic N) is 2. The number of rotatable bonds is 30. The zero-order valence-electron chi connectivity index (χ0n) is 40.2. The number of primary amides is 1. The zero-order valence-corrected chi connectivity index (χ0v) is 42.7. The fourth-order valence-corrected chi connectivity index (χ4v) is 10.9. The monoisotopic (exact) mass is 1020 g/mol. The number of aliphatic carboxylic acids is 1. The second kappa shape index (κ2) is 24.9. The molecule has 0 aliphatic carbocycles. The van der Waals surface area contributed by atoms with Gasteiger partial charge in [0.25, 0.3) is 30.4 Å². The lowest BCUT2D eigenvalue weighted by atomic mass is 9.77. The molecule has 2 aliphatic rings. The summed E-state index contributed by atoms with van der Waals surface area (Å²) in [6, 6.07) is 8.80. The van der Waals surface area contributed by atoms with E-state index in [4.69, 9.17) is 10.8 Å². The second-order valence-electron chi connectivity index (χ2n) is 18.8. The van der Waals surface area contributed by atoms with Gasteiger partial charge < -0.3 is 21.1 Å². The number of amides is 2. The van der Waals surface area contributed by atoms with Gasteiger partial charge >= 0.3 is 5.97 Å². The summed E-state index contributed by atoms with van der Waals surface area (Å²) in [4.78, 5) is 36.4. The highest BCUT2D eigenvalue weighted by Gasteiger charge is 2.45. The Hall–Kier alpha value is -4.73. The van der Waals surface area contributed by atoms with E-state index in [1.807, 2.05) is 43.9 Å². The lowest BCUT2D eigenvalue weighted by Crippen LogP contribution is -2.30. The van der Waals surface area contributed by atoms with Gasteiger partial charge in [-0.3, -0.25) is 28.0 Å². The summed E-state index contributed by atoms with van der Waals surface area (Å²) in [5, 5.41) is 11.9. The van der Waals surface area contributed by atoms with E-state index in [1.165, 1.54) is 24.3 Å². The molecular formula is C49H71N4O13S3+. The highest BCUT2D eigenvalue weighted by molar-refractivity contribution is 7.86. The van der Waals surface area contributed by atoms with E-state index < -0.39 is 52.9 Å². The number of hydrogen-bond acceptors (Lipinski definition) is 10. The molecule has 0 radical (unpaired) electrons. The highest BCUT2D eigenvalue weighted by Crippen LogP contribution is 2.51. The average Bonchev–Trinajstić information content (AvgIpc) is 3.61. The van der Waals surface area contributed by atoms with Crippen LogP contribution in [0.4, 0.5) is 11.4 Å². The van der Waals surface area contributed by atoms with E-state index in [9.17, 15) is 53.3 Å². The molecule has 20 heteroatoms. The number of hydrogen-bond donors (Lipinski definition) is 6. The molecule has 2 heterocycles. The number of carbonyl (C=O) groups is 3. The molecule has 2 aliphatic heterocycles. The smallest absolute Gasteiger partial charge is 0.303 e. The molecule has 17 nitrogen and oxygen atoms in total. The molecule has 0 fully saturated rings. The van der Waals surface area contributed by atoms with Crippen molar-refractivity contribution >= 4 is 65.2 Å². The molecule has 2 aromatic rings. The van der Waals surface area contributed by atoms with Crippen LogP contribution in [-0.2, 0) is 55.6 Å². The highest BCUT2D eigenvalue weighted by atomic mass is 32.2. The summed E-state index contributed by atoms with van der Waals surface area (Å²) in [6.07, 6.45) is 18.6. The lowest BCUT2D eigenvalue weighted by molar-refractivity contribution is -0.438. The Balaban J connectivity index is 1.61. The Morgan fingerprint density at radius 3 is 2.03 bits per heavy atom. The first kappa shape index (κ1) is 56.9. The number of anilines is 1. The van der Waals surface area contributed by atoms with E-state index >= 15 is 0 Å². The Kier molecular flexibility index (Phi) is 20.5. The van der Waals surface area contributed by atoms with Gasteiger partial charge in [0.2, 0.25) is 17.5 Å². The van der Waals surface area contributed by atoms with E-state index in [2.05, 4.69) is 16.8 Å². The van der Waals surface area contributed by atoms with Gasteiger partial charge in [-0.15, -0.1) is 0 Å². The fourth-order valence-electron chi connectivity index (χ4n) is 9.38. The number of carboxylic acids is 1. The van der Waals surface area contributed by atoms with Crippen molar-refractivity contribution < 1.29 is 63.0 Å². The number of fused-ring (bicyclic) bond motifs is 2. The van der Waals surface area contributed by atoms with Gasteiger partial charge in [-0.2, -0.15) is 29.8 Å². The van der Waals surface area contributed by atoms with Crippen molar-refractivity contribution in [3.05, 3.63) is 83.6 Å². The Morgan fingerprint density at radius 1 is 0.768 bits per heavy atom. The molecule has 2 amide bonds. The summed E-state index contributed by atoms with van der Waals surface area (Å²) in [7, 11) is -13.4. The van der Waals surface area contributed by atoms with Crippen LogP contribution in [0, 0.1) is 5.92 Å². The van der Waals surface area contributed by atoms with E-state index in [1.54, 1.807) is 24.3 Å². The predicted octanol–water partition coefficient (Wildman–Crippen LogP) is 7.78. The minimum Gasteiger partial charge on any atom is -0.481 e. The first-order valence-corrected chi connectivity index (χ1v) is 28.2. The van der Waals surface area contributed by atoms with Gasteiger partial charge in [0.15, 0.2) is 5.71 Å². The zero-order chi connectivity index (χ0) is 51.2. The van der Waals surface area contributed by atoms with Crippen molar-refractivity contribution in [2.24, 2.45) is 11.7 Å². The van der Waals surface area contributed by atoms with E-state index in [0.717, 1.165) is 43.5 Å². The molecule has 0 bridgehead atoms. The van der Waals surface area contributed by atoms with Crippen LogP contribution < -0.4 is 16.0 Å². The third-order valence-electron chi connectivity index (χ3n) is 13.2. The van der Waals surface area contributed by atoms with Gasteiger partial charge in [-0.05, 0) is 114 Å². The number of nitrogens with one attached hydrogen (secondary N) is 1. The molecule has 7 N–H and O–H groups in total. The average molecular weight is 1020 g/mol. The first-order chi connectivity index (χ1) is 32.3. The second-order valence-corrected chi connectivity index (χ2v) is 23.2. The van der Waals surface area contributed by atoms with Crippen molar-refractivity contribution in [2.75, 3.05) is 30.3 Å². The summed E-state index contributed by atoms with van der Waals surface area (Å²) in [5.41, 5.74) is 8.04. The fraction of sp³-hybridized carbons (Fsp3) is 0.551. The summed E-state index contributed by atoms with van der Waals surface area (Å²) in [5.74, 6) is -1.46. The Morgan fingerprint density at radius 2 is 1.39 bits per heavy atom. The van der Waals surface area contributed by atoms with Gasteiger partial charge in [-0.25, -0.2) is 0 Å². The van der Waals surface area contributed by atoms with Gasteiger partial charge in [-0.1, -0.05) is 57.3 Å². The van der Waals surface area contributed by atoms with Crippen LogP contribution in [0.5, 0.6) is 0 Å². The molecule has 0 saturated carbocycles.